The van der Waals surface area contributed by atoms with E-state index >= 15 is 0 Å². The first kappa shape index (κ1) is 13.4. The molecule has 1 atom stereocenters. The van der Waals surface area contributed by atoms with Crippen molar-refractivity contribution in [3.63, 3.8) is 0 Å². The lowest BCUT2D eigenvalue weighted by atomic mass is 10.2. The Balaban J connectivity index is 1.97. The summed E-state index contributed by atoms with van der Waals surface area (Å²) in [6.45, 7) is 3.03. The van der Waals surface area contributed by atoms with E-state index in [9.17, 15) is 4.79 Å². The highest BCUT2D eigenvalue weighted by Gasteiger charge is 2.30. The van der Waals surface area contributed by atoms with Gasteiger partial charge in [0.25, 0.3) is 0 Å². The summed E-state index contributed by atoms with van der Waals surface area (Å²) < 4.78 is 0. The lowest BCUT2D eigenvalue weighted by Gasteiger charge is -2.23. The zero-order valence-electron chi connectivity index (χ0n) is 10.8. The second kappa shape index (κ2) is 6.78. The van der Waals surface area contributed by atoms with Gasteiger partial charge in [0.05, 0.1) is 0 Å². The number of pyridine rings is 1. The molecule has 1 aromatic rings. The summed E-state index contributed by atoms with van der Waals surface area (Å²) in [6.07, 6.45) is 7.64. The number of nitrogens with zero attached hydrogens (tertiary/aromatic N) is 2. The Morgan fingerprint density at radius 1 is 1.56 bits per heavy atom. The van der Waals surface area contributed by atoms with Crippen LogP contribution >= 0.6 is 11.8 Å². The molecule has 1 aromatic heterocycles. The molecule has 1 amide bonds. The van der Waals surface area contributed by atoms with E-state index in [0.29, 0.717) is 12.3 Å². The molecule has 0 unspecified atom stereocenters. The smallest absolute Gasteiger partial charge is 0.223 e. The topological polar surface area (TPSA) is 33.2 Å². The number of amides is 1. The third-order valence-corrected chi connectivity index (χ3v) is 4.44. The van der Waals surface area contributed by atoms with Crippen LogP contribution in [-0.4, -0.2) is 28.1 Å². The molecule has 4 heteroatoms. The van der Waals surface area contributed by atoms with E-state index in [0.717, 1.165) is 37.1 Å². The SMILES string of the molecule is CCCCCC(=O)N1CCS[C@H]1c1cccnc1. The third kappa shape index (κ3) is 3.25. The van der Waals surface area contributed by atoms with Crippen LogP contribution < -0.4 is 0 Å². The van der Waals surface area contributed by atoms with Gasteiger partial charge >= 0.3 is 0 Å². The van der Waals surface area contributed by atoms with Crippen molar-refractivity contribution in [2.45, 2.75) is 38.0 Å². The zero-order valence-corrected chi connectivity index (χ0v) is 11.7. The third-order valence-electron chi connectivity index (χ3n) is 3.18. The Morgan fingerprint density at radius 3 is 3.17 bits per heavy atom. The average molecular weight is 264 g/mol. The van der Waals surface area contributed by atoms with Crippen LogP contribution in [0.5, 0.6) is 0 Å². The minimum Gasteiger partial charge on any atom is -0.326 e. The molecule has 0 saturated carbocycles. The van der Waals surface area contributed by atoms with Gasteiger partial charge in [0.1, 0.15) is 5.37 Å². The maximum Gasteiger partial charge on any atom is 0.223 e. The molecule has 0 bridgehead atoms. The predicted octanol–water partition coefficient (Wildman–Crippen LogP) is 3.24. The number of hydrogen-bond donors (Lipinski definition) is 0. The number of hydrogen-bond acceptors (Lipinski definition) is 3. The van der Waals surface area contributed by atoms with Crippen molar-refractivity contribution < 1.29 is 4.79 Å². The summed E-state index contributed by atoms with van der Waals surface area (Å²) in [5.41, 5.74) is 1.14. The number of aromatic nitrogens is 1. The molecular weight excluding hydrogens is 244 g/mol. The van der Waals surface area contributed by atoms with Crippen molar-refractivity contribution in [3.05, 3.63) is 30.1 Å². The molecule has 1 aliphatic heterocycles. The second-order valence-corrected chi connectivity index (χ2v) is 5.74. The highest BCUT2D eigenvalue weighted by Crippen LogP contribution is 2.37. The molecule has 0 aromatic carbocycles. The normalized spacial score (nSPS) is 19.2. The summed E-state index contributed by atoms with van der Waals surface area (Å²) in [5.74, 6) is 1.32. The molecular formula is C14H20N2OS. The first-order chi connectivity index (χ1) is 8.83. The number of carbonyl (C=O) groups is 1. The Hall–Kier alpha value is -1.03. The van der Waals surface area contributed by atoms with Crippen molar-refractivity contribution in [2.24, 2.45) is 0 Å². The molecule has 0 aliphatic carbocycles. The van der Waals surface area contributed by atoms with Crippen LogP contribution in [0.2, 0.25) is 0 Å². The molecule has 1 aliphatic rings. The highest BCUT2D eigenvalue weighted by molar-refractivity contribution is 7.99. The number of rotatable bonds is 5. The molecule has 0 N–H and O–H groups in total. The Labute approximate surface area is 113 Å². The first-order valence-electron chi connectivity index (χ1n) is 6.64. The lowest BCUT2D eigenvalue weighted by molar-refractivity contribution is -0.131. The molecule has 98 valence electrons. The van der Waals surface area contributed by atoms with Gasteiger partial charge in [-0.05, 0) is 12.5 Å². The summed E-state index contributed by atoms with van der Waals surface area (Å²) >= 11 is 1.84. The molecule has 3 nitrogen and oxygen atoms in total. The number of thioether (sulfide) groups is 1. The van der Waals surface area contributed by atoms with E-state index in [-0.39, 0.29) is 5.37 Å². The van der Waals surface area contributed by atoms with Crippen LogP contribution in [0, 0.1) is 0 Å². The monoisotopic (exact) mass is 264 g/mol. The Bertz CT molecular complexity index is 383. The molecule has 0 radical (unpaired) electrons. The van der Waals surface area contributed by atoms with Gasteiger partial charge in [-0.15, -0.1) is 11.8 Å². The average Bonchev–Trinajstić information content (AvgIpc) is 2.89. The Morgan fingerprint density at radius 2 is 2.44 bits per heavy atom. The summed E-state index contributed by atoms with van der Waals surface area (Å²) in [7, 11) is 0. The van der Waals surface area contributed by atoms with E-state index in [1.54, 1.807) is 6.20 Å². The van der Waals surface area contributed by atoms with Crippen molar-refractivity contribution in [1.29, 1.82) is 0 Å². The van der Waals surface area contributed by atoms with Crippen molar-refractivity contribution in [2.75, 3.05) is 12.3 Å². The van der Waals surface area contributed by atoms with Gasteiger partial charge < -0.3 is 4.90 Å². The number of carbonyl (C=O) groups excluding carboxylic acids is 1. The van der Waals surface area contributed by atoms with Crippen LogP contribution in [0.4, 0.5) is 0 Å². The van der Waals surface area contributed by atoms with Gasteiger partial charge in [-0.25, -0.2) is 0 Å². The maximum atomic E-state index is 12.2. The van der Waals surface area contributed by atoms with Crippen LogP contribution in [-0.2, 0) is 4.79 Å². The highest BCUT2D eigenvalue weighted by atomic mass is 32.2. The van der Waals surface area contributed by atoms with Gasteiger partial charge in [0.15, 0.2) is 0 Å². The van der Waals surface area contributed by atoms with Crippen LogP contribution in [0.1, 0.15) is 43.5 Å². The number of unbranched alkanes of at least 4 members (excludes halogenated alkanes) is 2. The molecule has 1 fully saturated rings. The summed E-state index contributed by atoms with van der Waals surface area (Å²) in [5, 5.41) is 0.174. The van der Waals surface area contributed by atoms with Gasteiger partial charge in [-0.1, -0.05) is 25.8 Å². The molecule has 0 spiro atoms. The van der Waals surface area contributed by atoms with Gasteiger partial charge in [0, 0.05) is 36.7 Å². The fraction of sp³-hybridized carbons (Fsp3) is 0.571. The van der Waals surface area contributed by atoms with E-state index in [1.807, 2.05) is 28.9 Å². The van der Waals surface area contributed by atoms with E-state index in [1.165, 1.54) is 0 Å². The minimum atomic E-state index is 0.174. The first-order valence-corrected chi connectivity index (χ1v) is 7.69. The maximum absolute atomic E-state index is 12.2. The largest absolute Gasteiger partial charge is 0.326 e. The van der Waals surface area contributed by atoms with Crippen LogP contribution in [0.3, 0.4) is 0 Å². The standard InChI is InChI=1S/C14H20N2OS/c1-2-3-4-7-13(17)16-9-10-18-14(16)12-6-5-8-15-11-12/h5-6,8,11,14H,2-4,7,9-10H2,1H3/t14-/m0/s1. The van der Waals surface area contributed by atoms with Crippen LogP contribution in [0.15, 0.2) is 24.5 Å². The van der Waals surface area contributed by atoms with E-state index < -0.39 is 0 Å². The minimum absolute atomic E-state index is 0.174. The fourth-order valence-electron chi connectivity index (χ4n) is 2.19. The predicted molar refractivity (Wildman–Crippen MR) is 75.3 cm³/mol. The van der Waals surface area contributed by atoms with Gasteiger partial charge in [0.2, 0.25) is 5.91 Å². The van der Waals surface area contributed by atoms with Crippen molar-refractivity contribution in [3.8, 4) is 0 Å². The zero-order chi connectivity index (χ0) is 12.8. The Kier molecular flexibility index (Phi) is 5.05. The molecule has 1 saturated heterocycles. The van der Waals surface area contributed by atoms with Gasteiger partial charge in [-0.3, -0.25) is 9.78 Å². The van der Waals surface area contributed by atoms with Gasteiger partial charge in [-0.2, -0.15) is 0 Å². The van der Waals surface area contributed by atoms with Crippen LogP contribution in [0.25, 0.3) is 0 Å². The lowest BCUT2D eigenvalue weighted by Crippen LogP contribution is -2.30. The quantitative estimate of drug-likeness (QED) is 0.765. The molecule has 2 rings (SSSR count). The summed E-state index contributed by atoms with van der Waals surface area (Å²) in [4.78, 5) is 18.4. The van der Waals surface area contributed by atoms with Crippen molar-refractivity contribution >= 4 is 17.7 Å². The van der Waals surface area contributed by atoms with E-state index in [2.05, 4.69) is 18.0 Å². The van der Waals surface area contributed by atoms with Crippen molar-refractivity contribution in [1.82, 2.24) is 9.88 Å². The molecule has 2 heterocycles. The fourth-order valence-corrected chi connectivity index (χ4v) is 3.45. The summed E-state index contributed by atoms with van der Waals surface area (Å²) in [6, 6.07) is 4.00. The molecule has 18 heavy (non-hydrogen) atoms. The van der Waals surface area contributed by atoms with E-state index in [4.69, 9.17) is 0 Å². The second-order valence-electron chi connectivity index (χ2n) is 4.55.